The summed E-state index contributed by atoms with van der Waals surface area (Å²) in [5, 5.41) is 9.58. The Labute approximate surface area is 97.3 Å². The molecule has 0 saturated carbocycles. The van der Waals surface area contributed by atoms with E-state index in [0.29, 0.717) is 0 Å². The molecule has 0 aliphatic rings. The van der Waals surface area contributed by atoms with E-state index in [-0.39, 0.29) is 0 Å². The third kappa shape index (κ3) is 2.36. The van der Waals surface area contributed by atoms with E-state index in [4.69, 9.17) is 14.3 Å². The molecule has 0 bridgehead atoms. The first-order chi connectivity index (χ1) is 8.18. The number of carboxylic acid groups (broad SMARTS) is 1. The number of fused-ring (bicyclic) bond motifs is 3. The van der Waals surface area contributed by atoms with Crippen LogP contribution in [0.5, 0.6) is 0 Å². The Morgan fingerprint density at radius 3 is 1.71 bits per heavy atom. The average Bonchev–Trinajstić information content (AvgIpc) is 2.66. The number of hydrogen-bond acceptors (Lipinski definition) is 2. The van der Waals surface area contributed by atoms with Crippen molar-refractivity contribution in [1.29, 1.82) is 0 Å². The van der Waals surface area contributed by atoms with Gasteiger partial charge in [-0.05, 0) is 12.1 Å². The molecule has 86 valence electrons. The molecule has 1 heterocycles. The highest BCUT2D eigenvalue weighted by atomic mass is 16.4. The number of carbonyl (C=O) groups is 1. The normalized spacial score (nSPS) is 9.88. The molecule has 0 saturated heterocycles. The van der Waals surface area contributed by atoms with Crippen molar-refractivity contribution in [2.24, 2.45) is 5.73 Å². The monoisotopic (exact) mass is 229 g/mol. The largest absolute Gasteiger partial charge is 0.465 e. The molecular formula is C13H11NO3. The van der Waals surface area contributed by atoms with Crippen molar-refractivity contribution in [2.45, 2.75) is 0 Å². The van der Waals surface area contributed by atoms with Crippen molar-refractivity contribution < 1.29 is 14.3 Å². The first-order valence-corrected chi connectivity index (χ1v) is 5.03. The van der Waals surface area contributed by atoms with E-state index in [1.807, 2.05) is 36.4 Å². The van der Waals surface area contributed by atoms with Crippen LogP contribution in [-0.4, -0.2) is 11.2 Å². The number of benzene rings is 2. The molecule has 0 atom stereocenters. The highest BCUT2D eigenvalue weighted by Crippen LogP contribution is 2.27. The van der Waals surface area contributed by atoms with Gasteiger partial charge in [0.1, 0.15) is 11.2 Å². The number of para-hydroxylation sites is 2. The molecule has 4 nitrogen and oxygen atoms in total. The molecule has 17 heavy (non-hydrogen) atoms. The quantitative estimate of drug-likeness (QED) is 0.621. The molecule has 0 aliphatic carbocycles. The first-order valence-electron chi connectivity index (χ1n) is 5.03. The SMILES string of the molecule is NC(=O)O.c1ccc2c(c1)oc1ccccc12. The van der Waals surface area contributed by atoms with Crippen molar-refractivity contribution in [3.05, 3.63) is 48.5 Å². The summed E-state index contributed by atoms with van der Waals surface area (Å²) in [4.78, 5) is 8.78. The fraction of sp³-hybridized carbons (Fsp3) is 0. The number of rotatable bonds is 0. The minimum absolute atomic E-state index is 0.962. The number of hydrogen-bond donors (Lipinski definition) is 2. The molecule has 3 N–H and O–H groups in total. The van der Waals surface area contributed by atoms with Crippen LogP contribution in [0.3, 0.4) is 0 Å². The minimum atomic E-state index is -1.33. The van der Waals surface area contributed by atoms with E-state index in [1.54, 1.807) is 0 Å². The molecule has 0 aliphatic heterocycles. The van der Waals surface area contributed by atoms with Crippen molar-refractivity contribution in [1.82, 2.24) is 0 Å². The topological polar surface area (TPSA) is 76.5 Å². The lowest BCUT2D eigenvalue weighted by atomic mass is 10.2. The van der Waals surface area contributed by atoms with E-state index in [2.05, 4.69) is 17.9 Å². The van der Waals surface area contributed by atoms with Gasteiger partial charge in [0.15, 0.2) is 0 Å². The Bertz CT molecular complexity index is 603. The molecule has 1 amide bonds. The van der Waals surface area contributed by atoms with Crippen LogP contribution < -0.4 is 5.73 Å². The van der Waals surface area contributed by atoms with Crippen LogP contribution in [-0.2, 0) is 0 Å². The zero-order chi connectivity index (χ0) is 12.3. The zero-order valence-electron chi connectivity index (χ0n) is 8.96. The van der Waals surface area contributed by atoms with Crippen molar-refractivity contribution in [3.63, 3.8) is 0 Å². The van der Waals surface area contributed by atoms with E-state index < -0.39 is 6.09 Å². The number of amides is 1. The third-order valence-electron chi connectivity index (χ3n) is 2.28. The van der Waals surface area contributed by atoms with Gasteiger partial charge in [0.25, 0.3) is 0 Å². The van der Waals surface area contributed by atoms with E-state index in [0.717, 1.165) is 11.2 Å². The summed E-state index contributed by atoms with van der Waals surface area (Å²) in [5.41, 5.74) is 5.95. The fourth-order valence-electron chi connectivity index (χ4n) is 1.67. The van der Waals surface area contributed by atoms with Crippen LogP contribution in [0.2, 0.25) is 0 Å². The summed E-state index contributed by atoms with van der Waals surface area (Å²) in [7, 11) is 0. The lowest BCUT2D eigenvalue weighted by Gasteiger charge is -1.85. The summed E-state index contributed by atoms with van der Waals surface area (Å²) < 4.78 is 5.65. The van der Waals surface area contributed by atoms with Crippen molar-refractivity contribution >= 4 is 28.0 Å². The maximum absolute atomic E-state index is 8.78. The second kappa shape index (κ2) is 4.57. The average molecular weight is 229 g/mol. The molecule has 0 unspecified atom stereocenters. The molecule has 3 aromatic rings. The van der Waals surface area contributed by atoms with E-state index >= 15 is 0 Å². The van der Waals surface area contributed by atoms with Gasteiger partial charge in [-0.3, -0.25) is 0 Å². The fourth-order valence-corrected chi connectivity index (χ4v) is 1.67. The predicted molar refractivity (Wildman–Crippen MR) is 65.9 cm³/mol. The van der Waals surface area contributed by atoms with Crippen LogP contribution in [0, 0.1) is 0 Å². The smallest absolute Gasteiger partial charge is 0.402 e. The van der Waals surface area contributed by atoms with Gasteiger partial charge in [0.2, 0.25) is 0 Å². The summed E-state index contributed by atoms with van der Waals surface area (Å²) in [6, 6.07) is 16.2. The summed E-state index contributed by atoms with van der Waals surface area (Å²) in [6.07, 6.45) is -1.33. The highest BCUT2D eigenvalue weighted by molar-refractivity contribution is 6.04. The lowest BCUT2D eigenvalue weighted by molar-refractivity contribution is 0.205. The Balaban J connectivity index is 0.000000239. The third-order valence-corrected chi connectivity index (χ3v) is 2.28. The van der Waals surface area contributed by atoms with Gasteiger partial charge < -0.3 is 15.3 Å². The van der Waals surface area contributed by atoms with Gasteiger partial charge in [0, 0.05) is 10.8 Å². The molecule has 3 rings (SSSR count). The van der Waals surface area contributed by atoms with Crippen LogP contribution in [0.4, 0.5) is 4.79 Å². The van der Waals surface area contributed by atoms with Crippen molar-refractivity contribution in [2.75, 3.05) is 0 Å². The molecule has 0 spiro atoms. The molecule has 0 fully saturated rings. The van der Waals surface area contributed by atoms with Crippen LogP contribution in [0.1, 0.15) is 0 Å². The minimum Gasteiger partial charge on any atom is -0.465 e. The number of nitrogens with two attached hydrogens (primary N) is 1. The Hall–Kier alpha value is -2.49. The lowest BCUT2D eigenvalue weighted by Crippen LogP contribution is -2.03. The van der Waals surface area contributed by atoms with E-state index in [9.17, 15) is 0 Å². The Morgan fingerprint density at radius 1 is 0.941 bits per heavy atom. The summed E-state index contributed by atoms with van der Waals surface area (Å²) >= 11 is 0. The standard InChI is InChI=1S/C12H8O.CH3NO2/c1-3-7-11-9(5-1)10-6-2-4-8-12(10)13-11;2-1(3)4/h1-8H;2H2,(H,3,4). The maximum Gasteiger partial charge on any atom is 0.402 e. The van der Waals surface area contributed by atoms with Crippen molar-refractivity contribution in [3.8, 4) is 0 Å². The second-order valence-electron chi connectivity index (χ2n) is 3.43. The zero-order valence-corrected chi connectivity index (χ0v) is 8.96. The molecular weight excluding hydrogens is 218 g/mol. The highest BCUT2D eigenvalue weighted by Gasteiger charge is 2.03. The Kier molecular flexibility index (Phi) is 2.96. The van der Waals surface area contributed by atoms with Gasteiger partial charge in [-0.15, -0.1) is 0 Å². The van der Waals surface area contributed by atoms with Gasteiger partial charge in [0.05, 0.1) is 0 Å². The van der Waals surface area contributed by atoms with Gasteiger partial charge >= 0.3 is 6.09 Å². The van der Waals surface area contributed by atoms with Gasteiger partial charge in [-0.25, -0.2) is 4.79 Å². The number of primary amides is 1. The first kappa shape index (κ1) is 11.0. The summed E-state index contributed by atoms with van der Waals surface area (Å²) in [5.74, 6) is 0. The van der Waals surface area contributed by atoms with Gasteiger partial charge in [-0.1, -0.05) is 36.4 Å². The molecule has 4 heteroatoms. The predicted octanol–water partition coefficient (Wildman–Crippen LogP) is 3.21. The Morgan fingerprint density at radius 2 is 1.29 bits per heavy atom. The van der Waals surface area contributed by atoms with Crippen LogP contribution >= 0.6 is 0 Å². The van der Waals surface area contributed by atoms with E-state index in [1.165, 1.54) is 10.8 Å². The number of furan rings is 1. The molecule has 2 aromatic carbocycles. The van der Waals surface area contributed by atoms with Crippen LogP contribution in [0.15, 0.2) is 52.9 Å². The van der Waals surface area contributed by atoms with Crippen LogP contribution in [0.25, 0.3) is 21.9 Å². The molecule has 1 aromatic heterocycles. The van der Waals surface area contributed by atoms with Gasteiger partial charge in [-0.2, -0.15) is 0 Å². The molecule has 0 radical (unpaired) electrons. The second-order valence-corrected chi connectivity index (χ2v) is 3.43. The summed E-state index contributed by atoms with van der Waals surface area (Å²) in [6.45, 7) is 0. The maximum atomic E-state index is 8.78.